The van der Waals surface area contributed by atoms with Crippen LogP contribution in [0.1, 0.15) is 5.56 Å². The minimum atomic E-state index is -4.41. The summed E-state index contributed by atoms with van der Waals surface area (Å²) in [4.78, 5) is 0. The Bertz CT molecular complexity index is 465. The van der Waals surface area contributed by atoms with Crippen LogP contribution < -0.4 is 0 Å². The van der Waals surface area contributed by atoms with E-state index in [0.29, 0.717) is 5.69 Å². The molecule has 0 amide bonds. The number of rotatable bonds is 3. The van der Waals surface area contributed by atoms with Gasteiger partial charge in [-0.1, -0.05) is 24.8 Å². The minimum Gasteiger partial charge on any atom is -0.267 e. The molecule has 0 aliphatic carbocycles. The van der Waals surface area contributed by atoms with Crippen LogP contribution in [0.15, 0.2) is 40.5 Å². The average Bonchev–Trinajstić information content (AvgIpc) is 2.14. The highest BCUT2D eigenvalue weighted by molar-refractivity contribution is 7.84. The van der Waals surface area contributed by atoms with E-state index in [-0.39, 0.29) is 0 Å². The molecule has 0 radical (unpaired) electrons. The standard InChI is InChI=1S/C8H8N2O3S/c1-2-7-4-3-5-8(6-7)9-10-14(11,12)13/h2-6H,1H2,(H,11,12,13). The molecule has 0 unspecified atom stereocenters. The van der Waals surface area contributed by atoms with Gasteiger partial charge in [-0.25, -0.2) is 0 Å². The molecular weight excluding hydrogens is 204 g/mol. The second kappa shape index (κ2) is 4.12. The third kappa shape index (κ3) is 3.46. The molecule has 5 nitrogen and oxygen atoms in total. The van der Waals surface area contributed by atoms with Gasteiger partial charge < -0.3 is 0 Å². The molecule has 0 heterocycles. The highest BCUT2D eigenvalue weighted by atomic mass is 32.2. The molecule has 6 heteroatoms. The van der Waals surface area contributed by atoms with Crippen LogP contribution in [-0.2, 0) is 10.3 Å². The highest BCUT2D eigenvalue weighted by Gasteiger charge is 1.98. The van der Waals surface area contributed by atoms with Gasteiger partial charge in [0.25, 0.3) is 0 Å². The molecular formula is C8H8N2O3S. The lowest BCUT2D eigenvalue weighted by molar-refractivity contribution is 0.482. The van der Waals surface area contributed by atoms with Crippen molar-refractivity contribution in [3.63, 3.8) is 0 Å². The molecule has 0 aromatic heterocycles. The van der Waals surface area contributed by atoms with Gasteiger partial charge in [0.15, 0.2) is 0 Å². The second-order valence-corrected chi connectivity index (χ2v) is 3.49. The zero-order valence-corrected chi connectivity index (χ0v) is 7.98. The lowest BCUT2D eigenvalue weighted by Crippen LogP contribution is -1.87. The summed E-state index contributed by atoms with van der Waals surface area (Å²) in [6.07, 6.45) is 1.59. The Hall–Kier alpha value is -1.53. The van der Waals surface area contributed by atoms with Gasteiger partial charge in [0, 0.05) is 0 Å². The van der Waals surface area contributed by atoms with Crippen molar-refractivity contribution in [3.8, 4) is 0 Å². The van der Waals surface area contributed by atoms with E-state index in [0.717, 1.165) is 5.56 Å². The normalized spacial score (nSPS) is 11.8. The van der Waals surface area contributed by atoms with Crippen LogP contribution in [0.5, 0.6) is 0 Å². The summed E-state index contributed by atoms with van der Waals surface area (Å²) in [5.41, 5.74) is 1.12. The Labute approximate surface area is 81.7 Å². The van der Waals surface area contributed by atoms with Crippen molar-refractivity contribution in [2.24, 2.45) is 9.63 Å². The first-order chi connectivity index (χ1) is 6.51. The molecule has 0 fully saturated rings. The van der Waals surface area contributed by atoms with Crippen LogP contribution in [0, 0.1) is 0 Å². The summed E-state index contributed by atoms with van der Waals surface area (Å²) in [6.45, 7) is 3.54. The largest absolute Gasteiger partial charge is 0.396 e. The number of hydrogen-bond acceptors (Lipinski definition) is 3. The first kappa shape index (κ1) is 10.6. The fourth-order valence-electron chi connectivity index (χ4n) is 0.813. The zero-order chi connectivity index (χ0) is 10.6. The van der Waals surface area contributed by atoms with Gasteiger partial charge >= 0.3 is 10.3 Å². The second-order valence-electron chi connectivity index (χ2n) is 2.43. The van der Waals surface area contributed by atoms with Crippen molar-refractivity contribution in [1.29, 1.82) is 0 Å². The fraction of sp³-hybridized carbons (Fsp3) is 0. The van der Waals surface area contributed by atoms with E-state index >= 15 is 0 Å². The third-order valence-corrected chi connectivity index (χ3v) is 1.65. The molecule has 0 aliphatic rings. The molecule has 0 saturated heterocycles. The smallest absolute Gasteiger partial charge is 0.267 e. The van der Waals surface area contributed by atoms with Gasteiger partial charge in [-0.05, 0) is 22.2 Å². The van der Waals surface area contributed by atoms with E-state index in [1.54, 1.807) is 30.3 Å². The van der Waals surface area contributed by atoms with Crippen molar-refractivity contribution in [1.82, 2.24) is 0 Å². The van der Waals surface area contributed by atoms with Crippen molar-refractivity contribution < 1.29 is 13.0 Å². The van der Waals surface area contributed by atoms with Crippen LogP contribution in [0.4, 0.5) is 5.69 Å². The lowest BCUT2D eigenvalue weighted by Gasteiger charge is -1.93. The van der Waals surface area contributed by atoms with Gasteiger partial charge in [0.1, 0.15) is 0 Å². The molecule has 74 valence electrons. The van der Waals surface area contributed by atoms with Crippen molar-refractivity contribution in [2.45, 2.75) is 0 Å². The zero-order valence-electron chi connectivity index (χ0n) is 7.16. The molecule has 1 rings (SSSR count). The van der Waals surface area contributed by atoms with E-state index in [4.69, 9.17) is 4.55 Å². The molecule has 0 atom stereocenters. The van der Waals surface area contributed by atoms with Gasteiger partial charge in [0.2, 0.25) is 0 Å². The van der Waals surface area contributed by atoms with Crippen LogP contribution in [0.25, 0.3) is 6.08 Å². The van der Waals surface area contributed by atoms with Crippen LogP contribution in [-0.4, -0.2) is 13.0 Å². The van der Waals surface area contributed by atoms with Crippen molar-refractivity contribution in [3.05, 3.63) is 36.4 Å². The molecule has 0 aliphatic heterocycles. The van der Waals surface area contributed by atoms with Crippen LogP contribution in [0.2, 0.25) is 0 Å². The summed E-state index contributed by atoms with van der Waals surface area (Å²) < 4.78 is 31.5. The lowest BCUT2D eigenvalue weighted by atomic mass is 10.2. The molecule has 1 aromatic rings. The third-order valence-electron chi connectivity index (χ3n) is 1.37. The van der Waals surface area contributed by atoms with E-state index in [9.17, 15) is 8.42 Å². The molecule has 1 aromatic carbocycles. The van der Waals surface area contributed by atoms with Gasteiger partial charge in [0.05, 0.1) is 5.69 Å². The monoisotopic (exact) mass is 212 g/mol. The Morgan fingerprint density at radius 3 is 2.71 bits per heavy atom. The molecule has 14 heavy (non-hydrogen) atoms. The predicted octanol–water partition coefficient (Wildman–Crippen LogP) is 2.22. The van der Waals surface area contributed by atoms with Gasteiger partial charge in [-0.3, -0.25) is 4.55 Å². The molecule has 0 spiro atoms. The van der Waals surface area contributed by atoms with Crippen LogP contribution in [0.3, 0.4) is 0 Å². The maximum Gasteiger partial charge on any atom is 0.396 e. The predicted molar refractivity (Wildman–Crippen MR) is 52.6 cm³/mol. The summed E-state index contributed by atoms with van der Waals surface area (Å²) in [5.74, 6) is 0. The topological polar surface area (TPSA) is 79.1 Å². The van der Waals surface area contributed by atoms with Gasteiger partial charge in [-0.15, -0.1) is 5.11 Å². The van der Waals surface area contributed by atoms with Crippen molar-refractivity contribution in [2.75, 3.05) is 0 Å². The first-order valence-electron chi connectivity index (χ1n) is 3.64. The van der Waals surface area contributed by atoms with Crippen LogP contribution >= 0.6 is 0 Å². The summed E-state index contributed by atoms with van der Waals surface area (Å²) in [5, 5.41) is 3.33. The highest BCUT2D eigenvalue weighted by Crippen LogP contribution is 2.15. The maximum atomic E-state index is 10.2. The number of benzene rings is 1. The summed E-state index contributed by atoms with van der Waals surface area (Å²) >= 11 is 0. The Morgan fingerprint density at radius 2 is 2.14 bits per heavy atom. The van der Waals surface area contributed by atoms with E-state index in [1.807, 2.05) is 0 Å². The van der Waals surface area contributed by atoms with Gasteiger partial charge in [-0.2, -0.15) is 8.42 Å². The summed E-state index contributed by atoms with van der Waals surface area (Å²) in [6, 6.07) is 6.60. The Balaban J connectivity index is 2.98. The number of hydrogen-bond donors (Lipinski definition) is 1. The van der Waals surface area contributed by atoms with E-state index in [1.165, 1.54) is 0 Å². The average molecular weight is 212 g/mol. The Morgan fingerprint density at radius 1 is 1.43 bits per heavy atom. The fourth-order valence-corrected chi connectivity index (χ4v) is 1.01. The quantitative estimate of drug-likeness (QED) is 0.616. The molecule has 1 N–H and O–H groups in total. The summed E-state index contributed by atoms with van der Waals surface area (Å²) in [7, 11) is -4.41. The number of nitrogens with zero attached hydrogens (tertiary/aromatic N) is 2. The van der Waals surface area contributed by atoms with E-state index in [2.05, 4.69) is 16.2 Å². The first-order valence-corrected chi connectivity index (χ1v) is 5.04. The Kier molecular flexibility index (Phi) is 3.10. The minimum absolute atomic E-state index is 0.333. The van der Waals surface area contributed by atoms with Crippen molar-refractivity contribution >= 4 is 22.1 Å². The maximum absolute atomic E-state index is 10.2. The van der Waals surface area contributed by atoms with E-state index < -0.39 is 10.3 Å². The molecule has 0 saturated carbocycles. The SMILES string of the molecule is C=Cc1cccc(N=NS(=O)(=O)O)c1. The molecule has 0 bridgehead atoms.